The van der Waals surface area contributed by atoms with Gasteiger partial charge in [-0.3, -0.25) is 4.40 Å². The molecule has 3 aromatic rings. The lowest BCUT2D eigenvalue weighted by Crippen LogP contribution is -1.92. The van der Waals surface area contributed by atoms with Gasteiger partial charge >= 0.3 is 0 Å². The van der Waals surface area contributed by atoms with Gasteiger partial charge < -0.3 is 0 Å². The molecule has 0 bridgehead atoms. The van der Waals surface area contributed by atoms with Gasteiger partial charge in [0.05, 0.1) is 23.5 Å². The fourth-order valence-electron chi connectivity index (χ4n) is 2.20. The minimum atomic E-state index is 0.481. The molecule has 0 amide bonds. The molecule has 0 aliphatic carbocycles. The lowest BCUT2D eigenvalue weighted by molar-refractivity contribution is 0.867. The molecule has 2 aromatic heterocycles. The third kappa shape index (κ3) is 2.17. The Labute approximate surface area is 121 Å². The van der Waals surface area contributed by atoms with E-state index >= 15 is 0 Å². The molecule has 0 spiro atoms. The number of fused-ring (bicyclic) bond motifs is 1. The summed E-state index contributed by atoms with van der Waals surface area (Å²) in [6.07, 6.45) is 1.85. The second-order valence-electron chi connectivity index (χ2n) is 4.90. The van der Waals surface area contributed by atoms with Crippen LogP contribution in [0.4, 0.5) is 0 Å². The average Bonchev–Trinajstić information content (AvgIpc) is 2.99. The molecule has 0 atom stereocenters. The van der Waals surface area contributed by atoms with Gasteiger partial charge in [0, 0.05) is 5.38 Å². The summed E-state index contributed by atoms with van der Waals surface area (Å²) in [6, 6.07) is 8.74. The molecule has 2 nitrogen and oxygen atoms in total. The molecular weight excluding hydrogens is 276 g/mol. The molecule has 4 heteroatoms. The third-order valence-corrected chi connectivity index (χ3v) is 4.44. The van der Waals surface area contributed by atoms with E-state index in [1.54, 1.807) is 11.3 Å². The maximum absolute atomic E-state index is 5.97. The van der Waals surface area contributed by atoms with Gasteiger partial charge in [-0.2, -0.15) is 0 Å². The standard InChI is InChI=1S/C15H15ClN2S/c1-10(2)11-3-5-12(6-4-11)14-9-19-15-17-8-13(7-16)18(14)15/h3-6,8-10H,7H2,1-2H3. The minimum Gasteiger partial charge on any atom is -0.286 e. The van der Waals surface area contributed by atoms with Gasteiger partial charge in [-0.25, -0.2) is 4.98 Å². The number of hydrogen-bond donors (Lipinski definition) is 0. The summed E-state index contributed by atoms with van der Waals surface area (Å²) < 4.78 is 2.14. The smallest absolute Gasteiger partial charge is 0.194 e. The summed E-state index contributed by atoms with van der Waals surface area (Å²) in [5, 5.41) is 2.14. The van der Waals surface area contributed by atoms with E-state index in [4.69, 9.17) is 11.6 Å². The third-order valence-electron chi connectivity index (χ3n) is 3.33. The number of hydrogen-bond acceptors (Lipinski definition) is 2. The molecule has 19 heavy (non-hydrogen) atoms. The van der Waals surface area contributed by atoms with Gasteiger partial charge in [0.1, 0.15) is 0 Å². The molecule has 0 unspecified atom stereocenters. The van der Waals surface area contributed by atoms with Crippen LogP contribution in [0.5, 0.6) is 0 Å². The normalized spacial score (nSPS) is 11.6. The van der Waals surface area contributed by atoms with E-state index in [1.165, 1.54) is 16.8 Å². The van der Waals surface area contributed by atoms with E-state index in [9.17, 15) is 0 Å². The molecule has 0 saturated carbocycles. The van der Waals surface area contributed by atoms with Crippen molar-refractivity contribution < 1.29 is 0 Å². The van der Waals surface area contributed by atoms with E-state index in [2.05, 4.69) is 52.9 Å². The van der Waals surface area contributed by atoms with Gasteiger partial charge in [-0.05, 0) is 17.0 Å². The van der Waals surface area contributed by atoms with Crippen molar-refractivity contribution in [1.82, 2.24) is 9.38 Å². The van der Waals surface area contributed by atoms with Crippen LogP contribution in [0.2, 0.25) is 0 Å². The zero-order chi connectivity index (χ0) is 13.4. The van der Waals surface area contributed by atoms with E-state index in [0.29, 0.717) is 11.8 Å². The van der Waals surface area contributed by atoms with Crippen molar-refractivity contribution in [2.45, 2.75) is 25.6 Å². The SMILES string of the molecule is CC(C)c1ccc(-c2csc3ncc(CCl)n23)cc1. The molecule has 2 heterocycles. The summed E-state index contributed by atoms with van der Waals surface area (Å²) in [6.45, 7) is 4.42. The van der Waals surface area contributed by atoms with Crippen molar-refractivity contribution >= 4 is 27.9 Å². The van der Waals surface area contributed by atoms with Crippen molar-refractivity contribution in [3.8, 4) is 11.3 Å². The highest BCUT2D eigenvalue weighted by atomic mass is 35.5. The molecule has 0 aliphatic rings. The van der Waals surface area contributed by atoms with Crippen LogP contribution < -0.4 is 0 Å². The summed E-state index contributed by atoms with van der Waals surface area (Å²) in [4.78, 5) is 5.38. The van der Waals surface area contributed by atoms with Crippen LogP contribution in [0.15, 0.2) is 35.8 Å². The van der Waals surface area contributed by atoms with Crippen LogP contribution in [-0.2, 0) is 5.88 Å². The van der Waals surface area contributed by atoms with Crippen molar-refractivity contribution in [2.24, 2.45) is 0 Å². The average molecular weight is 291 g/mol. The van der Waals surface area contributed by atoms with Crippen LogP contribution in [0, 0.1) is 0 Å². The minimum absolute atomic E-state index is 0.481. The highest BCUT2D eigenvalue weighted by Crippen LogP contribution is 2.29. The number of rotatable bonds is 3. The number of benzene rings is 1. The first-order chi connectivity index (χ1) is 9.20. The molecular formula is C15H15ClN2S. The van der Waals surface area contributed by atoms with Crippen LogP contribution >= 0.6 is 22.9 Å². The first kappa shape index (κ1) is 12.7. The summed E-state index contributed by atoms with van der Waals surface area (Å²) in [5.74, 6) is 1.04. The predicted octanol–water partition coefficient (Wildman–Crippen LogP) is 4.93. The molecule has 3 rings (SSSR count). The monoisotopic (exact) mass is 290 g/mol. The molecule has 0 fully saturated rings. The molecule has 98 valence electrons. The van der Waals surface area contributed by atoms with Gasteiger partial charge in [0.25, 0.3) is 0 Å². The van der Waals surface area contributed by atoms with E-state index in [-0.39, 0.29) is 0 Å². The Morgan fingerprint density at radius 2 is 2.00 bits per heavy atom. The molecule has 0 N–H and O–H groups in total. The van der Waals surface area contributed by atoms with Gasteiger partial charge in [-0.1, -0.05) is 38.1 Å². The summed E-state index contributed by atoms with van der Waals surface area (Å²) in [5.41, 5.74) is 4.78. The Bertz CT molecular complexity index is 695. The molecule has 0 radical (unpaired) electrons. The second kappa shape index (κ2) is 4.99. The second-order valence-corrected chi connectivity index (χ2v) is 6.00. The van der Waals surface area contributed by atoms with Gasteiger partial charge in [-0.15, -0.1) is 22.9 Å². The summed E-state index contributed by atoms with van der Waals surface area (Å²) >= 11 is 7.62. The Balaban J connectivity index is 2.10. The maximum atomic E-state index is 5.97. The highest BCUT2D eigenvalue weighted by Gasteiger charge is 2.11. The van der Waals surface area contributed by atoms with Crippen molar-refractivity contribution in [1.29, 1.82) is 0 Å². The Morgan fingerprint density at radius 3 is 2.63 bits per heavy atom. The van der Waals surface area contributed by atoms with Crippen LogP contribution in [0.1, 0.15) is 31.0 Å². The van der Waals surface area contributed by atoms with Gasteiger partial charge in [0.2, 0.25) is 0 Å². The quantitative estimate of drug-likeness (QED) is 0.626. The lowest BCUT2D eigenvalue weighted by atomic mass is 10.0. The van der Waals surface area contributed by atoms with Crippen LogP contribution in [0.25, 0.3) is 16.2 Å². The fourth-order valence-corrected chi connectivity index (χ4v) is 3.28. The van der Waals surface area contributed by atoms with Crippen molar-refractivity contribution in [2.75, 3.05) is 0 Å². The zero-order valence-corrected chi connectivity index (χ0v) is 12.5. The summed E-state index contributed by atoms with van der Waals surface area (Å²) in [7, 11) is 0. The Kier molecular flexibility index (Phi) is 3.33. The van der Waals surface area contributed by atoms with Gasteiger partial charge in [0.15, 0.2) is 4.96 Å². The maximum Gasteiger partial charge on any atom is 0.194 e. The number of thiazole rings is 1. The molecule has 0 saturated heterocycles. The number of halogens is 1. The van der Waals surface area contributed by atoms with Crippen molar-refractivity contribution in [3.63, 3.8) is 0 Å². The largest absolute Gasteiger partial charge is 0.286 e. The number of alkyl halides is 1. The first-order valence-corrected chi connectivity index (χ1v) is 7.72. The van der Waals surface area contributed by atoms with Crippen LogP contribution in [0.3, 0.4) is 0 Å². The number of nitrogens with zero attached hydrogens (tertiary/aromatic N) is 2. The highest BCUT2D eigenvalue weighted by molar-refractivity contribution is 7.15. The fraction of sp³-hybridized carbons (Fsp3) is 0.267. The van der Waals surface area contributed by atoms with Crippen LogP contribution in [-0.4, -0.2) is 9.38 Å². The zero-order valence-electron chi connectivity index (χ0n) is 10.9. The number of imidazole rings is 1. The van der Waals surface area contributed by atoms with Crippen molar-refractivity contribution in [3.05, 3.63) is 47.1 Å². The first-order valence-electron chi connectivity index (χ1n) is 6.31. The lowest BCUT2D eigenvalue weighted by Gasteiger charge is -2.07. The Morgan fingerprint density at radius 1 is 1.26 bits per heavy atom. The van der Waals surface area contributed by atoms with E-state index in [0.717, 1.165) is 10.7 Å². The van der Waals surface area contributed by atoms with E-state index in [1.807, 2.05) is 6.20 Å². The Hall–Kier alpha value is -1.32. The molecule has 1 aromatic carbocycles. The number of aromatic nitrogens is 2. The van der Waals surface area contributed by atoms with E-state index < -0.39 is 0 Å². The predicted molar refractivity (Wildman–Crippen MR) is 82.2 cm³/mol. The topological polar surface area (TPSA) is 17.3 Å². The molecule has 0 aliphatic heterocycles.